The minimum atomic E-state index is -0.623. The Morgan fingerprint density at radius 3 is 2.23 bits per heavy atom. The van der Waals surface area contributed by atoms with Gasteiger partial charge in [-0.25, -0.2) is 0 Å². The fourth-order valence-electron chi connectivity index (χ4n) is 3.47. The Hall–Kier alpha value is -2.90. The highest BCUT2D eigenvalue weighted by Crippen LogP contribution is 2.23. The van der Waals surface area contributed by atoms with Crippen LogP contribution in [0.15, 0.2) is 54.6 Å². The van der Waals surface area contributed by atoms with Crippen molar-refractivity contribution in [3.8, 4) is 0 Å². The average molecular weight is 411 g/mol. The van der Waals surface area contributed by atoms with E-state index in [1.165, 1.54) is 0 Å². The van der Waals surface area contributed by atoms with Crippen molar-refractivity contribution in [3.05, 3.63) is 65.7 Å². The van der Waals surface area contributed by atoms with E-state index in [2.05, 4.69) is 39.8 Å². The number of carbonyl (C=O) groups is 2. The summed E-state index contributed by atoms with van der Waals surface area (Å²) in [4.78, 5) is 28.9. The van der Waals surface area contributed by atoms with Crippen LogP contribution in [0.2, 0.25) is 0 Å². The van der Waals surface area contributed by atoms with Gasteiger partial charge in [0, 0.05) is 46.0 Å². The molecule has 0 saturated carbocycles. The van der Waals surface area contributed by atoms with Crippen molar-refractivity contribution in [2.24, 2.45) is 0 Å². The summed E-state index contributed by atoms with van der Waals surface area (Å²) in [6, 6.07) is 17.8. The Kier molecular flexibility index (Phi) is 7.82. The van der Waals surface area contributed by atoms with E-state index < -0.39 is 11.8 Å². The molecule has 160 valence electrons. The third-order valence-corrected chi connectivity index (χ3v) is 5.24. The Morgan fingerprint density at radius 1 is 0.967 bits per heavy atom. The Labute approximate surface area is 178 Å². The molecular weight excluding hydrogens is 380 g/mol. The number of benzene rings is 2. The Bertz CT molecular complexity index is 818. The molecule has 0 spiro atoms. The fourth-order valence-corrected chi connectivity index (χ4v) is 3.47. The first-order valence-electron chi connectivity index (χ1n) is 10.2. The van der Waals surface area contributed by atoms with Gasteiger partial charge in [0.05, 0.1) is 19.3 Å². The fraction of sp³-hybridized carbons (Fsp3) is 0.391. The predicted molar refractivity (Wildman–Crippen MR) is 117 cm³/mol. The second-order valence-corrected chi connectivity index (χ2v) is 7.53. The van der Waals surface area contributed by atoms with Gasteiger partial charge in [0.2, 0.25) is 0 Å². The molecule has 7 nitrogen and oxygen atoms in total. The molecule has 1 aliphatic rings. The van der Waals surface area contributed by atoms with Gasteiger partial charge in [0.1, 0.15) is 0 Å². The first kappa shape index (κ1) is 21.8. The number of carbonyl (C=O) groups excluding carboxylic acids is 2. The molecule has 2 aromatic rings. The SMILES string of the molecule is CN(C)c1ccc([C@@H](CNC(=O)C(=O)NCc2ccccc2)N2CCOCC2)cc1. The minimum Gasteiger partial charge on any atom is -0.379 e. The van der Waals surface area contributed by atoms with Crippen LogP contribution >= 0.6 is 0 Å². The normalized spacial score (nSPS) is 15.3. The number of rotatable bonds is 7. The first-order valence-corrected chi connectivity index (χ1v) is 10.2. The van der Waals surface area contributed by atoms with Gasteiger partial charge in [0.25, 0.3) is 0 Å². The van der Waals surface area contributed by atoms with Crippen LogP contribution in [0, 0.1) is 0 Å². The van der Waals surface area contributed by atoms with Crippen LogP contribution in [0.25, 0.3) is 0 Å². The molecule has 0 aromatic heterocycles. The zero-order valence-corrected chi connectivity index (χ0v) is 17.6. The third-order valence-electron chi connectivity index (χ3n) is 5.24. The largest absolute Gasteiger partial charge is 0.379 e. The van der Waals surface area contributed by atoms with E-state index in [9.17, 15) is 9.59 Å². The number of amides is 2. The zero-order chi connectivity index (χ0) is 21.3. The summed E-state index contributed by atoms with van der Waals surface area (Å²) in [7, 11) is 4.01. The topological polar surface area (TPSA) is 73.9 Å². The molecule has 0 aliphatic carbocycles. The quantitative estimate of drug-likeness (QED) is 0.678. The van der Waals surface area contributed by atoms with Gasteiger partial charge in [-0.1, -0.05) is 42.5 Å². The maximum atomic E-state index is 12.4. The maximum absolute atomic E-state index is 12.4. The molecule has 3 rings (SSSR count). The highest BCUT2D eigenvalue weighted by Gasteiger charge is 2.24. The van der Waals surface area contributed by atoms with Crippen molar-refractivity contribution in [2.45, 2.75) is 12.6 Å². The molecule has 0 bridgehead atoms. The van der Waals surface area contributed by atoms with E-state index in [0.29, 0.717) is 26.3 Å². The lowest BCUT2D eigenvalue weighted by Crippen LogP contribution is -2.46. The predicted octanol–water partition coefficient (Wildman–Crippen LogP) is 1.56. The number of hydrogen-bond acceptors (Lipinski definition) is 5. The smallest absolute Gasteiger partial charge is 0.309 e. The van der Waals surface area contributed by atoms with E-state index in [1.54, 1.807) is 0 Å². The summed E-state index contributed by atoms with van der Waals surface area (Å²) in [5.74, 6) is -1.24. The molecule has 2 aromatic carbocycles. The van der Waals surface area contributed by atoms with Crippen molar-refractivity contribution in [1.82, 2.24) is 15.5 Å². The van der Waals surface area contributed by atoms with Crippen molar-refractivity contribution >= 4 is 17.5 Å². The highest BCUT2D eigenvalue weighted by atomic mass is 16.5. The van der Waals surface area contributed by atoms with Gasteiger partial charge >= 0.3 is 11.8 Å². The van der Waals surface area contributed by atoms with Crippen LogP contribution < -0.4 is 15.5 Å². The minimum absolute atomic E-state index is 0.0176. The first-order chi connectivity index (χ1) is 14.5. The standard InChI is InChI=1S/C23H30N4O3/c1-26(2)20-10-8-19(9-11-20)21(27-12-14-30-15-13-27)17-25-23(29)22(28)24-16-18-6-4-3-5-7-18/h3-11,21H,12-17H2,1-2H3,(H,24,28)(H,25,29)/t21-/m1/s1. The number of anilines is 1. The van der Waals surface area contributed by atoms with Gasteiger partial charge in [-0.3, -0.25) is 14.5 Å². The summed E-state index contributed by atoms with van der Waals surface area (Å²) in [5, 5.41) is 5.48. The lowest BCUT2D eigenvalue weighted by atomic mass is 10.0. The summed E-state index contributed by atoms with van der Waals surface area (Å²) in [6.45, 7) is 3.59. The van der Waals surface area contributed by atoms with Crippen LogP contribution in [-0.2, 0) is 20.9 Å². The third kappa shape index (κ3) is 6.05. The van der Waals surface area contributed by atoms with Crippen LogP contribution in [0.3, 0.4) is 0 Å². The molecule has 1 atom stereocenters. The van der Waals surface area contributed by atoms with Crippen LogP contribution in [0.4, 0.5) is 5.69 Å². The second-order valence-electron chi connectivity index (χ2n) is 7.53. The van der Waals surface area contributed by atoms with Crippen molar-refractivity contribution in [2.75, 3.05) is 51.8 Å². The molecular formula is C23H30N4O3. The number of hydrogen-bond donors (Lipinski definition) is 2. The molecule has 7 heteroatoms. The number of nitrogens with zero attached hydrogens (tertiary/aromatic N) is 2. The van der Waals surface area contributed by atoms with Gasteiger partial charge in [-0.05, 0) is 23.3 Å². The Balaban J connectivity index is 1.61. The van der Waals surface area contributed by atoms with Crippen molar-refractivity contribution in [3.63, 3.8) is 0 Å². The summed E-state index contributed by atoms with van der Waals surface area (Å²) >= 11 is 0. The lowest BCUT2D eigenvalue weighted by Gasteiger charge is -2.35. The van der Waals surface area contributed by atoms with Crippen LogP contribution in [0.5, 0.6) is 0 Å². The van der Waals surface area contributed by atoms with Gasteiger partial charge in [0.15, 0.2) is 0 Å². The maximum Gasteiger partial charge on any atom is 0.309 e. The van der Waals surface area contributed by atoms with Crippen LogP contribution in [-0.4, -0.2) is 63.7 Å². The van der Waals surface area contributed by atoms with E-state index in [-0.39, 0.29) is 6.04 Å². The highest BCUT2D eigenvalue weighted by molar-refractivity contribution is 6.35. The number of nitrogens with one attached hydrogen (secondary N) is 2. The Morgan fingerprint density at radius 2 is 1.60 bits per heavy atom. The summed E-state index contributed by atoms with van der Waals surface area (Å²) < 4.78 is 5.47. The molecule has 0 radical (unpaired) electrons. The number of morpholine rings is 1. The van der Waals surface area contributed by atoms with Crippen molar-refractivity contribution in [1.29, 1.82) is 0 Å². The molecule has 2 amide bonds. The summed E-state index contributed by atoms with van der Waals surface area (Å²) in [5.41, 5.74) is 3.17. The second kappa shape index (κ2) is 10.8. The van der Waals surface area contributed by atoms with Crippen LogP contribution in [0.1, 0.15) is 17.2 Å². The molecule has 30 heavy (non-hydrogen) atoms. The molecule has 1 fully saturated rings. The number of ether oxygens (including phenoxy) is 1. The molecule has 1 aliphatic heterocycles. The lowest BCUT2D eigenvalue weighted by molar-refractivity contribution is -0.139. The molecule has 2 N–H and O–H groups in total. The van der Waals surface area contributed by atoms with Gasteiger partial charge in [-0.15, -0.1) is 0 Å². The monoisotopic (exact) mass is 410 g/mol. The van der Waals surface area contributed by atoms with E-state index in [1.807, 2.05) is 49.3 Å². The molecule has 0 unspecified atom stereocenters. The molecule has 1 heterocycles. The average Bonchev–Trinajstić information content (AvgIpc) is 2.79. The van der Waals surface area contributed by atoms with E-state index in [4.69, 9.17) is 4.74 Å². The van der Waals surface area contributed by atoms with Gasteiger partial charge < -0.3 is 20.3 Å². The van der Waals surface area contributed by atoms with E-state index in [0.717, 1.165) is 29.9 Å². The van der Waals surface area contributed by atoms with E-state index >= 15 is 0 Å². The van der Waals surface area contributed by atoms with Gasteiger partial charge in [-0.2, -0.15) is 0 Å². The van der Waals surface area contributed by atoms with Crippen molar-refractivity contribution < 1.29 is 14.3 Å². The zero-order valence-electron chi connectivity index (χ0n) is 17.6. The summed E-state index contributed by atoms with van der Waals surface area (Å²) in [6.07, 6.45) is 0. The molecule has 1 saturated heterocycles.